The molecule has 0 fully saturated rings. The fraction of sp³-hybridized carbons (Fsp3) is 0.118. The predicted molar refractivity (Wildman–Crippen MR) is 84.8 cm³/mol. The third-order valence-corrected chi connectivity index (χ3v) is 3.25. The van der Waals surface area contributed by atoms with Crippen molar-refractivity contribution in [1.29, 1.82) is 5.26 Å². The number of nitrogens with one attached hydrogen (secondary N) is 1. The summed E-state index contributed by atoms with van der Waals surface area (Å²) in [5, 5.41) is 16.0. The Balaban J connectivity index is 1.73. The molecule has 0 unspecified atom stereocenters. The normalized spacial score (nSPS) is 10.1. The van der Waals surface area contributed by atoms with Crippen LogP contribution >= 0.6 is 0 Å². The monoisotopic (exact) mass is 306 g/mol. The molecule has 6 heteroatoms. The SMILES string of the molecule is COc1ccccc1-c1noc(CNc2cccc(C#N)c2)n1. The standard InChI is InChI=1S/C17H14N4O2/c1-22-15-8-3-2-7-14(15)17-20-16(23-21-17)11-19-13-6-4-5-12(9-13)10-18/h2-9,19H,11H2,1H3. The van der Waals surface area contributed by atoms with Crippen LogP contribution in [0.5, 0.6) is 5.75 Å². The predicted octanol–water partition coefficient (Wildman–Crippen LogP) is 3.23. The van der Waals surface area contributed by atoms with Crippen molar-refractivity contribution in [2.45, 2.75) is 6.54 Å². The number of para-hydroxylation sites is 1. The fourth-order valence-electron chi connectivity index (χ4n) is 2.14. The topological polar surface area (TPSA) is 84.0 Å². The first-order chi connectivity index (χ1) is 11.3. The Bertz CT molecular complexity index is 852. The van der Waals surface area contributed by atoms with Gasteiger partial charge in [-0.2, -0.15) is 10.2 Å². The smallest absolute Gasteiger partial charge is 0.246 e. The molecule has 0 saturated heterocycles. The fourth-order valence-corrected chi connectivity index (χ4v) is 2.14. The zero-order valence-corrected chi connectivity index (χ0v) is 12.5. The molecule has 6 nitrogen and oxygen atoms in total. The molecule has 0 radical (unpaired) electrons. The van der Waals surface area contributed by atoms with E-state index in [0.717, 1.165) is 11.3 Å². The van der Waals surface area contributed by atoms with E-state index in [0.29, 0.717) is 29.6 Å². The van der Waals surface area contributed by atoms with E-state index in [-0.39, 0.29) is 0 Å². The van der Waals surface area contributed by atoms with Crippen LogP contribution in [0.1, 0.15) is 11.5 Å². The van der Waals surface area contributed by atoms with Crippen molar-refractivity contribution in [2.24, 2.45) is 0 Å². The van der Waals surface area contributed by atoms with E-state index in [1.807, 2.05) is 36.4 Å². The van der Waals surface area contributed by atoms with Gasteiger partial charge in [0, 0.05) is 5.69 Å². The van der Waals surface area contributed by atoms with Crippen LogP contribution in [-0.4, -0.2) is 17.3 Å². The minimum Gasteiger partial charge on any atom is -0.496 e. The summed E-state index contributed by atoms with van der Waals surface area (Å²) in [5.74, 6) is 1.62. The number of ether oxygens (including phenoxy) is 1. The molecule has 1 aromatic heterocycles. The number of anilines is 1. The molecule has 0 aliphatic heterocycles. The Morgan fingerprint density at radius 3 is 2.91 bits per heavy atom. The summed E-state index contributed by atoms with van der Waals surface area (Å²) < 4.78 is 10.5. The van der Waals surface area contributed by atoms with Gasteiger partial charge in [-0.25, -0.2) is 0 Å². The van der Waals surface area contributed by atoms with Gasteiger partial charge in [-0.05, 0) is 30.3 Å². The number of hydrogen-bond acceptors (Lipinski definition) is 6. The molecule has 1 heterocycles. The number of nitrogens with zero attached hydrogens (tertiary/aromatic N) is 3. The van der Waals surface area contributed by atoms with E-state index < -0.39 is 0 Å². The molecule has 0 amide bonds. The van der Waals surface area contributed by atoms with E-state index in [1.165, 1.54) is 0 Å². The number of methoxy groups -OCH3 is 1. The highest BCUT2D eigenvalue weighted by Crippen LogP contribution is 2.27. The summed E-state index contributed by atoms with van der Waals surface area (Å²) in [4.78, 5) is 4.36. The summed E-state index contributed by atoms with van der Waals surface area (Å²) in [6.45, 7) is 0.372. The van der Waals surface area contributed by atoms with Crippen molar-refractivity contribution in [3.63, 3.8) is 0 Å². The highest BCUT2D eigenvalue weighted by Gasteiger charge is 2.12. The van der Waals surface area contributed by atoms with Gasteiger partial charge in [0.2, 0.25) is 11.7 Å². The summed E-state index contributed by atoms with van der Waals surface area (Å²) in [5.41, 5.74) is 2.19. The molecular formula is C17H14N4O2. The second-order valence-electron chi connectivity index (χ2n) is 4.76. The van der Waals surface area contributed by atoms with Crippen LogP contribution in [0.15, 0.2) is 53.1 Å². The Hall–Kier alpha value is -3.33. The molecule has 0 saturated carbocycles. The minimum absolute atomic E-state index is 0.372. The van der Waals surface area contributed by atoms with E-state index in [4.69, 9.17) is 14.5 Å². The molecule has 23 heavy (non-hydrogen) atoms. The average Bonchev–Trinajstić information content (AvgIpc) is 3.09. The van der Waals surface area contributed by atoms with E-state index in [1.54, 1.807) is 19.2 Å². The van der Waals surface area contributed by atoms with Crippen LogP contribution < -0.4 is 10.1 Å². The first-order valence-electron chi connectivity index (χ1n) is 7.00. The maximum Gasteiger partial charge on any atom is 0.246 e. The number of aromatic nitrogens is 2. The molecule has 0 spiro atoms. The molecule has 3 aromatic rings. The van der Waals surface area contributed by atoms with Gasteiger partial charge >= 0.3 is 0 Å². The van der Waals surface area contributed by atoms with Crippen molar-refractivity contribution < 1.29 is 9.26 Å². The lowest BCUT2D eigenvalue weighted by atomic mass is 10.2. The Kier molecular flexibility index (Phi) is 4.20. The third kappa shape index (κ3) is 3.30. The zero-order valence-electron chi connectivity index (χ0n) is 12.5. The van der Waals surface area contributed by atoms with Gasteiger partial charge in [0.05, 0.1) is 30.9 Å². The molecule has 114 valence electrons. The van der Waals surface area contributed by atoms with Gasteiger partial charge in [-0.1, -0.05) is 23.4 Å². The van der Waals surface area contributed by atoms with Crippen molar-refractivity contribution in [1.82, 2.24) is 10.1 Å². The third-order valence-electron chi connectivity index (χ3n) is 3.25. The lowest BCUT2D eigenvalue weighted by molar-refractivity contribution is 0.383. The van der Waals surface area contributed by atoms with Gasteiger partial charge in [0.25, 0.3) is 0 Å². The second-order valence-corrected chi connectivity index (χ2v) is 4.76. The first kappa shape index (κ1) is 14.6. The maximum atomic E-state index is 8.90. The van der Waals surface area contributed by atoms with E-state index in [9.17, 15) is 0 Å². The van der Waals surface area contributed by atoms with Crippen LogP contribution in [0.25, 0.3) is 11.4 Å². The van der Waals surface area contributed by atoms with Gasteiger partial charge < -0.3 is 14.6 Å². The summed E-state index contributed by atoms with van der Waals surface area (Å²) in [6.07, 6.45) is 0. The van der Waals surface area contributed by atoms with Crippen LogP contribution in [0.4, 0.5) is 5.69 Å². The van der Waals surface area contributed by atoms with Crippen LogP contribution in [0, 0.1) is 11.3 Å². The van der Waals surface area contributed by atoms with Crippen molar-refractivity contribution in [3.05, 3.63) is 60.0 Å². The molecule has 0 aliphatic rings. The van der Waals surface area contributed by atoms with Gasteiger partial charge in [-0.3, -0.25) is 0 Å². The minimum atomic E-state index is 0.372. The second kappa shape index (κ2) is 6.62. The van der Waals surface area contributed by atoms with E-state index >= 15 is 0 Å². The number of benzene rings is 2. The molecular weight excluding hydrogens is 292 g/mol. The largest absolute Gasteiger partial charge is 0.496 e. The first-order valence-corrected chi connectivity index (χ1v) is 7.00. The van der Waals surface area contributed by atoms with Crippen molar-refractivity contribution in [2.75, 3.05) is 12.4 Å². The lowest BCUT2D eigenvalue weighted by Gasteiger charge is -2.03. The van der Waals surface area contributed by atoms with Crippen molar-refractivity contribution in [3.8, 4) is 23.2 Å². The van der Waals surface area contributed by atoms with Gasteiger partial charge in [0.15, 0.2) is 0 Å². The van der Waals surface area contributed by atoms with Crippen molar-refractivity contribution >= 4 is 5.69 Å². The Morgan fingerprint density at radius 2 is 2.09 bits per heavy atom. The maximum absolute atomic E-state index is 8.90. The quantitative estimate of drug-likeness (QED) is 0.779. The zero-order chi connectivity index (χ0) is 16.1. The molecule has 1 N–H and O–H groups in total. The van der Waals surface area contributed by atoms with Gasteiger partial charge in [0.1, 0.15) is 5.75 Å². The highest BCUT2D eigenvalue weighted by molar-refractivity contribution is 5.63. The molecule has 2 aromatic carbocycles. The van der Waals surface area contributed by atoms with Crippen LogP contribution in [-0.2, 0) is 6.54 Å². The average molecular weight is 306 g/mol. The Morgan fingerprint density at radius 1 is 1.22 bits per heavy atom. The number of hydrogen-bond donors (Lipinski definition) is 1. The van der Waals surface area contributed by atoms with E-state index in [2.05, 4.69) is 21.5 Å². The Labute approximate surface area is 133 Å². The van der Waals surface area contributed by atoms with Crippen LogP contribution in [0.2, 0.25) is 0 Å². The molecule has 0 atom stereocenters. The summed E-state index contributed by atoms with van der Waals surface area (Å²) in [6, 6.07) is 16.8. The van der Waals surface area contributed by atoms with Gasteiger partial charge in [-0.15, -0.1) is 0 Å². The summed E-state index contributed by atoms with van der Waals surface area (Å²) >= 11 is 0. The highest BCUT2D eigenvalue weighted by atomic mass is 16.5. The molecule has 0 bridgehead atoms. The number of rotatable bonds is 5. The van der Waals surface area contributed by atoms with Crippen LogP contribution in [0.3, 0.4) is 0 Å². The number of nitriles is 1. The molecule has 0 aliphatic carbocycles. The molecule has 3 rings (SSSR count). The lowest BCUT2D eigenvalue weighted by Crippen LogP contribution is -1.99. The summed E-state index contributed by atoms with van der Waals surface area (Å²) in [7, 11) is 1.60.